The third-order valence-corrected chi connectivity index (χ3v) is 3.65. The highest BCUT2D eigenvalue weighted by atomic mass is 35.5. The second kappa shape index (κ2) is 7.95. The van der Waals surface area contributed by atoms with E-state index in [1.807, 2.05) is 13.0 Å². The molecule has 2 aromatic rings. The van der Waals surface area contributed by atoms with Crippen molar-refractivity contribution < 1.29 is 9.18 Å². The van der Waals surface area contributed by atoms with Crippen LogP contribution in [0.3, 0.4) is 0 Å². The minimum atomic E-state index is -0.249. The molecule has 0 saturated carbocycles. The van der Waals surface area contributed by atoms with Gasteiger partial charge in [-0.2, -0.15) is 0 Å². The summed E-state index contributed by atoms with van der Waals surface area (Å²) in [6, 6.07) is 13.4. The van der Waals surface area contributed by atoms with Gasteiger partial charge in [-0.1, -0.05) is 36.7 Å². The lowest BCUT2D eigenvalue weighted by molar-refractivity contribution is 0.0757. The van der Waals surface area contributed by atoms with E-state index >= 15 is 0 Å². The quantitative estimate of drug-likeness (QED) is 0.763. The number of benzene rings is 2. The predicted molar refractivity (Wildman–Crippen MR) is 87.8 cm³/mol. The molecular weight excluding hydrogens is 301 g/mol. The molecule has 0 aromatic heterocycles. The zero-order valence-electron chi connectivity index (χ0n) is 12.6. The summed E-state index contributed by atoms with van der Waals surface area (Å²) >= 11 is 5.95. The van der Waals surface area contributed by atoms with Gasteiger partial charge < -0.3 is 4.90 Å². The first kappa shape index (κ1) is 16.5. The lowest BCUT2D eigenvalue weighted by atomic mass is 10.1. The van der Waals surface area contributed by atoms with Gasteiger partial charge in [0.15, 0.2) is 0 Å². The molecule has 0 atom stereocenters. The molecule has 0 aliphatic heterocycles. The molecule has 2 aromatic carbocycles. The van der Waals surface area contributed by atoms with Crippen molar-refractivity contribution in [2.24, 2.45) is 0 Å². The van der Waals surface area contributed by atoms with E-state index in [-0.39, 0.29) is 11.7 Å². The van der Waals surface area contributed by atoms with Crippen LogP contribution >= 0.6 is 11.6 Å². The van der Waals surface area contributed by atoms with Gasteiger partial charge in [-0.25, -0.2) is 4.39 Å². The van der Waals surface area contributed by atoms with Crippen LogP contribution < -0.4 is 0 Å². The Morgan fingerprint density at radius 2 is 1.91 bits per heavy atom. The number of halogens is 2. The van der Waals surface area contributed by atoms with Crippen LogP contribution in [0, 0.1) is 5.82 Å². The number of hydrogen-bond donors (Lipinski definition) is 0. The summed E-state index contributed by atoms with van der Waals surface area (Å²) in [6.45, 7) is 3.25. The van der Waals surface area contributed by atoms with Crippen molar-refractivity contribution in [3.05, 3.63) is 70.5 Å². The van der Waals surface area contributed by atoms with Crippen LogP contribution in [0.5, 0.6) is 0 Å². The van der Waals surface area contributed by atoms with Gasteiger partial charge in [-0.05, 0) is 48.7 Å². The molecule has 22 heavy (non-hydrogen) atoms. The van der Waals surface area contributed by atoms with E-state index in [2.05, 4.69) is 0 Å². The molecule has 0 heterocycles. The minimum Gasteiger partial charge on any atom is -0.338 e. The Hall–Kier alpha value is -1.87. The molecule has 2 rings (SSSR count). The number of nitrogens with zero attached hydrogens (tertiary/aromatic N) is 1. The second-order valence-corrected chi connectivity index (χ2v) is 5.62. The third-order valence-electron chi connectivity index (χ3n) is 3.41. The molecule has 0 N–H and O–H groups in total. The topological polar surface area (TPSA) is 20.3 Å². The first-order valence-electron chi connectivity index (χ1n) is 7.39. The lowest BCUT2D eigenvalue weighted by Crippen LogP contribution is -2.33. The molecule has 0 bridgehead atoms. The molecule has 0 fully saturated rings. The molecular formula is C18H19ClFNO. The number of hydrogen-bond acceptors (Lipinski definition) is 1. The van der Waals surface area contributed by atoms with Crippen LogP contribution in [-0.4, -0.2) is 23.9 Å². The van der Waals surface area contributed by atoms with Crippen molar-refractivity contribution in [2.75, 3.05) is 13.1 Å². The minimum absolute atomic E-state index is 0.0410. The van der Waals surface area contributed by atoms with Gasteiger partial charge >= 0.3 is 0 Å². The van der Waals surface area contributed by atoms with Crippen molar-refractivity contribution >= 4 is 17.5 Å². The number of carbonyl (C=O) groups excluding carboxylic acids is 1. The van der Waals surface area contributed by atoms with Crippen molar-refractivity contribution in [3.63, 3.8) is 0 Å². The van der Waals surface area contributed by atoms with Crippen molar-refractivity contribution in [2.45, 2.75) is 19.8 Å². The van der Waals surface area contributed by atoms with Gasteiger partial charge in [-0.3, -0.25) is 4.79 Å². The molecule has 0 aliphatic rings. The summed E-state index contributed by atoms with van der Waals surface area (Å²) in [7, 11) is 0. The smallest absolute Gasteiger partial charge is 0.253 e. The lowest BCUT2D eigenvalue weighted by Gasteiger charge is -2.22. The van der Waals surface area contributed by atoms with Crippen molar-refractivity contribution in [1.29, 1.82) is 0 Å². The molecule has 4 heteroatoms. The van der Waals surface area contributed by atoms with Crippen LogP contribution in [0.4, 0.5) is 4.39 Å². The van der Waals surface area contributed by atoms with Crippen LogP contribution in [0.15, 0.2) is 48.5 Å². The molecule has 2 nitrogen and oxygen atoms in total. The molecule has 0 unspecified atom stereocenters. The largest absolute Gasteiger partial charge is 0.338 e. The van der Waals surface area contributed by atoms with Crippen molar-refractivity contribution in [3.8, 4) is 0 Å². The highest BCUT2D eigenvalue weighted by Crippen LogP contribution is 2.14. The summed E-state index contributed by atoms with van der Waals surface area (Å²) in [5.74, 6) is -0.290. The Labute approximate surface area is 135 Å². The van der Waals surface area contributed by atoms with E-state index in [0.717, 1.165) is 12.0 Å². The molecule has 0 aliphatic carbocycles. The maximum atomic E-state index is 13.2. The standard InChI is InChI=1S/C18H19ClFNO/c1-2-10-21(11-9-14-5-3-8-17(20)12-14)18(22)15-6-4-7-16(19)13-15/h3-8,12-13H,2,9-11H2,1H3. The van der Waals surface area contributed by atoms with Crippen molar-refractivity contribution in [1.82, 2.24) is 4.90 Å². The predicted octanol–water partition coefficient (Wildman–Crippen LogP) is 4.57. The summed E-state index contributed by atoms with van der Waals surface area (Å²) in [5.41, 5.74) is 1.47. The summed E-state index contributed by atoms with van der Waals surface area (Å²) in [6.07, 6.45) is 1.50. The van der Waals surface area contributed by atoms with E-state index in [1.54, 1.807) is 35.2 Å². The Morgan fingerprint density at radius 3 is 2.59 bits per heavy atom. The molecule has 0 radical (unpaired) electrons. The molecule has 116 valence electrons. The van der Waals surface area contributed by atoms with Gasteiger partial charge in [0.2, 0.25) is 0 Å². The van der Waals surface area contributed by atoms with Gasteiger partial charge in [0, 0.05) is 23.7 Å². The normalized spacial score (nSPS) is 10.5. The van der Waals surface area contributed by atoms with Crippen LogP contribution in [0.2, 0.25) is 5.02 Å². The Kier molecular flexibility index (Phi) is 5.96. The molecule has 0 spiro atoms. The summed E-state index contributed by atoms with van der Waals surface area (Å²) < 4.78 is 13.2. The summed E-state index contributed by atoms with van der Waals surface area (Å²) in [5, 5.41) is 0.549. The number of amides is 1. The second-order valence-electron chi connectivity index (χ2n) is 5.18. The highest BCUT2D eigenvalue weighted by Gasteiger charge is 2.15. The first-order chi connectivity index (χ1) is 10.6. The maximum Gasteiger partial charge on any atom is 0.253 e. The maximum absolute atomic E-state index is 13.2. The Bertz CT molecular complexity index is 644. The van der Waals surface area contributed by atoms with E-state index in [1.165, 1.54) is 12.1 Å². The van der Waals surface area contributed by atoms with E-state index < -0.39 is 0 Å². The van der Waals surface area contributed by atoms with Gasteiger partial charge in [0.25, 0.3) is 5.91 Å². The van der Waals surface area contributed by atoms with Gasteiger partial charge in [-0.15, -0.1) is 0 Å². The fourth-order valence-corrected chi connectivity index (χ4v) is 2.54. The number of rotatable bonds is 6. The summed E-state index contributed by atoms with van der Waals surface area (Å²) in [4.78, 5) is 14.4. The third kappa shape index (κ3) is 4.57. The van der Waals surface area contributed by atoms with Gasteiger partial charge in [0.1, 0.15) is 5.82 Å². The zero-order valence-corrected chi connectivity index (χ0v) is 13.3. The fraction of sp³-hybridized carbons (Fsp3) is 0.278. The Balaban J connectivity index is 2.07. The average molecular weight is 320 g/mol. The van der Waals surface area contributed by atoms with E-state index in [0.29, 0.717) is 30.1 Å². The fourth-order valence-electron chi connectivity index (χ4n) is 2.35. The zero-order chi connectivity index (χ0) is 15.9. The van der Waals surface area contributed by atoms with Crippen LogP contribution in [0.25, 0.3) is 0 Å². The van der Waals surface area contributed by atoms with E-state index in [4.69, 9.17) is 11.6 Å². The highest BCUT2D eigenvalue weighted by molar-refractivity contribution is 6.30. The van der Waals surface area contributed by atoms with Crippen LogP contribution in [0.1, 0.15) is 29.3 Å². The SMILES string of the molecule is CCCN(CCc1cccc(F)c1)C(=O)c1cccc(Cl)c1. The molecule has 1 amide bonds. The monoisotopic (exact) mass is 319 g/mol. The first-order valence-corrected chi connectivity index (χ1v) is 7.77. The number of carbonyl (C=O) groups is 1. The average Bonchev–Trinajstić information content (AvgIpc) is 2.51. The van der Waals surface area contributed by atoms with Crippen LogP contribution in [-0.2, 0) is 6.42 Å². The Morgan fingerprint density at radius 1 is 1.14 bits per heavy atom. The van der Waals surface area contributed by atoms with Gasteiger partial charge in [0.05, 0.1) is 0 Å². The van der Waals surface area contributed by atoms with E-state index in [9.17, 15) is 9.18 Å². The molecule has 0 saturated heterocycles.